The van der Waals surface area contributed by atoms with E-state index in [2.05, 4.69) is 45.0 Å². The second-order valence-electron chi connectivity index (χ2n) is 10.5. The molecule has 1 fully saturated rings. The molecule has 0 aromatic heterocycles. The van der Waals surface area contributed by atoms with E-state index in [1.165, 1.54) is 6.92 Å². The minimum atomic E-state index is -2.95. The molecule has 0 amide bonds. The van der Waals surface area contributed by atoms with E-state index in [1.54, 1.807) is 0 Å². The number of rotatable bonds is 8. The molecule has 2 aromatic rings. The zero-order valence-corrected chi connectivity index (χ0v) is 22.6. The minimum absolute atomic E-state index is 0.0172. The van der Waals surface area contributed by atoms with Crippen molar-refractivity contribution in [2.75, 3.05) is 0 Å². The van der Waals surface area contributed by atoms with Gasteiger partial charge in [-0.15, -0.1) is 0 Å². The van der Waals surface area contributed by atoms with Crippen LogP contribution in [-0.4, -0.2) is 49.8 Å². The number of Topliss-reactive ketones (excluding diaryl/α,β-unsaturated/α-hetero) is 1. The Morgan fingerprint density at radius 1 is 0.943 bits per heavy atom. The highest BCUT2D eigenvalue weighted by Crippen LogP contribution is 2.40. The molecule has 190 valence electrons. The van der Waals surface area contributed by atoms with Crippen LogP contribution in [0.1, 0.15) is 54.4 Å². The van der Waals surface area contributed by atoms with E-state index in [9.17, 15) is 14.7 Å². The first-order chi connectivity index (χ1) is 16.5. The summed E-state index contributed by atoms with van der Waals surface area (Å²) in [5, 5.41) is 13.2. The number of hydrogen-bond acceptors (Lipinski definition) is 6. The van der Waals surface area contributed by atoms with Crippen LogP contribution in [0.3, 0.4) is 0 Å². The Kier molecular flexibility index (Phi) is 8.70. The topological polar surface area (TPSA) is 82.1 Å². The summed E-state index contributed by atoms with van der Waals surface area (Å²) in [6, 6.07) is 20.4. The first-order valence-corrected chi connectivity index (χ1v) is 14.2. The average molecular weight is 499 g/mol. The number of ether oxygens (including phenoxy) is 2. The van der Waals surface area contributed by atoms with Crippen molar-refractivity contribution in [2.45, 2.75) is 84.0 Å². The van der Waals surface area contributed by atoms with E-state index in [0.717, 1.165) is 10.4 Å². The summed E-state index contributed by atoms with van der Waals surface area (Å²) < 4.78 is 18.8. The maximum Gasteiger partial charge on any atom is 0.306 e. The first kappa shape index (κ1) is 27.3. The number of benzene rings is 2. The second kappa shape index (κ2) is 11.2. The van der Waals surface area contributed by atoms with Crippen molar-refractivity contribution in [3.63, 3.8) is 0 Å². The molecule has 7 heteroatoms. The molecule has 0 radical (unpaired) electrons. The van der Waals surface area contributed by atoms with Crippen molar-refractivity contribution in [3.8, 4) is 0 Å². The lowest BCUT2D eigenvalue weighted by atomic mass is 9.91. The van der Waals surface area contributed by atoms with Gasteiger partial charge in [-0.2, -0.15) is 0 Å². The number of hydrogen-bond donors (Lipinski definition) is 1. The largest absolute Gasteiger partial charge is 0.459 e. The number of carbonyl (C=O) groups is 2. The summed E-state index contributed by atoms with van der Waals surface area (Å²) in [6.07, 6.45) is -2.86. The van der Waals surface area contributed by atoms with Crippen LogP contribution in [0.4, 0.5) is 0 Å². The number of carbonyl (C=O) groups excluding carboxylic acids is 2. The number of ketones is 1. The highest BCUT2D eigenvalue weighted by molar-refractivity contribution is 6.99. The van der Waals surface area contributed by atoms with Gasteiger partial charge in [-0.05, 0) is 29.3 Å². The fourth-order valence-electron chi connectivity index (χ4n) is 4.89. The molecule has 0 saturated carbocycles. The molecule has 1 saturated heterocycles. The first-order valence-electron chi connectivity index (χ1n) is 12.3. The van der Waals surface area contributed by atoms with E-state index in [0.29, 0.717) is 0 Å². The molecule has 1 aliphatic rings. The fraction of sp³-hybridized carbons (Fsp3) is 0.500. The SMILES string of the molecule is CC(=O)CCC(=O)O[C@H]1C(C)O[C@@H](O[Si](c2ccccc2)(c2ccccc2)C(C)(C)C)C(O)[C@H]1C. The maximum atomic E-state index is 12.3. The molecule has 0 aliphatic carbocycles. The second-order valence-corrected chi connectivity index (χ2v) is 14.7. The maximum absolute atomic E-state index is 12.3. The molecule has 1 aliphatic heterocycles. The summed E-state index contributed by atoms with van der Waals surface area (Å²) in [5.41, 5.74) is 0. The van der Waals surface area contributed by atoms with Crippen LogP contribution >= 0.6 is 0 Å². The van der Waals surface area contributed by atoms with E-state index in [4.69, 9.17) is 13.9 Å². The highest BCUT2D eigenvalue weighted by Gasteiger charge is 2.55. The van der Waals surface area contributed by atoms with Gasteiger partial charge in [-0.25, -0.2) is 0 Å². The number of aliphatic hydroxyl groups is 1. The minimum Gasteiger partial charge on any atom is -0.459 e. The van der Waals surface area contributed by atoms with Crippen LogP contribution in [0.15, 0.2) is 60.7 Å². The van der Waals surface area contributed by atoms with Gasteiger partial charge in [-0.3, -0.25) is 4.79 Å². The molecule has 2 aromatic carbocycles. The molecule has 6 nitrogen and oxygen atoms in total. The Hall–Kier alpha value is -2.32. The third kappa shape index (κ3) is 5.92. The third-order valence-electron chi connectivity index (χ3n) is 6.81. The Labute approximate surface area is 209 Å². The van der Waals surface area contributed by atoms with Crippen molar-refractivity contribution in [3.05, 3.63) is 60.7 Å². The predicted molar refractivity (Wildman–Crippen MR) is 138 cm³/mol. The monoisotopic (exact) mass is 498 g/mol. The Morgan fingerprint density at radius 3 is 1.91 bits per heavy atom. The normalized spacial score (nSPS) is 25.2. The quantitative estimate of drug-likeness (QED) is 0.443. The van der Waals surface area contributed by atoms with Crippen LogP contribution in [0.25, 0.3) is 0 Å². The lowest BCUT2D eigenvalue weighted by Crippen LogP contribution is -2.70. The van der Waals surface area contributed by atoms with Gasteiger partial charge >= 0.3 is 5.97 Å². The van der Waals surface area contributed by atoms with Gasteiger partial charge in [0.1, 0.15) is 18.0 Å². The van der Waals surface area contributed by atoms with Gasteiger partial charge in [-0.1, -0.05) is 88.4 Å². The number of aliphatic hydroxyl groups excluding tert-OH is 1. The Balaban J connectivity index is 1.93. The standard InChI is InChI=1S/C28H38O6Si/c1-19(29)17-18-24(30)33-26-20(2)25(31)27(32-21(26)3)34-35(28(4,5)6,22-13-9-7-10-14-22)23-15-11-8-12-16-23/h7-16,20-21,25-27,31H,17-18H2,1-6H3/t20-,21?,25?,26-,27+/m1/s1. The molecule has 1 heterocycles. The molecule has 1 N–H and O–H groups in total. The van der Waals surface area contributed by atoms with Crippen LogP contribution in [0.2, 0.25) is 5.04 Å². The van der Waals surface area contributed by atoms with Crippen molar-refractivity contribution >= 4 is 30.4 Å². The lowest BCUT2D eigenvalue weighted by Gasteiger charge is -2.49. The third-order valence-corrected chi connectivity index (χ3v) is 11.8. The van der Waals surface area contributed by atoms with Crippen molar-refractivity contribution in [1.82, 2.24) is 0 Å². The van der Waals surface area contributed by atoms with Gasteiger partial charge < -0.3 is 23.8 Å². The summed E-state index contributed by atoms with van der Waals surface area (Å²) in [4.78, 5) is 23.5. The molecular weight excluding hydrogens is 460 g/mol. The van der Waals surface area contributed by atoms with Gasteiger partial charge in [0.15, 0.2) is 6.29 Å². The molecule has 0 spiro atoms. The fourth-order valence-corrected chi connectivity index (χ4v) is 9.45. The Morgan fingerprint density at radius 2 is 1.46 bits per heavy atom. The van der Waals surface area contributed by atoms with E-state index < -0.39 is 44.8 Å². The van der Waals surface area contributed by atoms with Gasteiger partial charge in [0.2, 0.25) is 0 Å². The molecule has 2 unspecified atom stereocenters. The van der Waals surface area contributed by atoms with E-state index in [-0.39, 0.29) is 23.7 Å². The number of esters is 1. The molecule has 35 heavy (non-hydrogen) atoms. The Bertz CT molecular complexity index is 948. The van der Waals surface area contributed by atoms with Crippen LogP contribution in [0, 0.1) is 5.92 Å². The van der Waals surface area contributed by atoms with Crippen molar-refractivity contribution in [2.24, 2.45) is 5.92 Å². The van der Waals surface area contributed by atoms with Crippen LogP contribution < -0.4 is 10.4 Å². The summed E-state index contributed by atoms with van der Waals surface area (Å²) >= 11 is 0. The molecular formula is C28H38O6Si. The molecule has 0 bridgehead atoms. The van der Waals surface area contributed by atoms with E-state index in [1.807, 2.05) is 50.2 Å². The van der Waals surface area contributed by atoms with Gasteiger partial charge in [0.25, 0.3) is 8.32 Å². The average Bonchev–Trinajstić information content (AvgIpc) is 2.82. The van der Waals surface area contributed by atoms with Crippen LogP contribution in [0.5, 0.6) is 0 Å². The van der Waals surface area contributed by atoms with E-state index >= 15 is 0 Å². The van der Waals surface area contributed by atoms with Crippen molar-refractivity contribution < 1.29 is 28.6 Å². The lowest BCUT2D eigenvalue weighted by molar-refractivity contribution is -0.259. The van der Waals surface area contributed by atoms with Crippen molar-refractivity contribution in [1.29, 1.82) is 0 Å². The van der Waals surface area contributed by atoms with Gasteiger partial charge in [0, 0.05) is 12.3 Å². The smallest absolute Gasteiger partial charge is 0.306 e. The van der Waals surface area contributed by atoms with Crippen LogP contribution in [-0.2, 0) is 23.5 Å². The zero-order valence-electron chi connectivity index (χ0n) is 21.6. The van der Waals surface area contributed by atoms with Gasteiger partial charge in [0.05, 0.1) is 12.5 Å². The molecule has 3 rings (SSSR count). The summed E-state index contributed by atoms with van der Waals surface area (Å²) in [6.45, 7) is 11.6. The summed E-state index contributed by atoms with van der Waals surface area (Å²) in [5.74, 6) is -0.948. The zero-order chi connectivity index (χ0) is 25.8. The molecule has 5 atom stereocenters. The predicted octanol–water partition coefficient (Wildman–Crippen LogP) is 3.59. The highest BCUT2D eigenvalue weighted by atomic mass is 28.4. The summed E-state index contributed by atoms with van der Waals surface area (Å²) in [7, 11) is -2.95.